The quantitative estimate of drug-likeness (QED) is 0.295. The van der Waals surface area contributed by atoms with Crippen LogP contribution in [0.2, 0.25) is 0 Å². The van der Waals surface area contributed by atoms with E-state index >= 15 is 0 Å². The fourth-order valence-corrected chi connectivity index (χ4v) is 7.46. The molecule has 0 aromatic carbocycles. The number of nitrogens with one attached hydrogen (secondary N) is 6. The Morgan fingerprint density at radius 1 is 0.946 bits per heavy atom. The summed E-state index contributed by atoms with van der Waals surface area (Å²) < 4.78 is 5.63. The van der Waals surface area contributed by atoms with Crippen molar-refractivity contribution in [3.63, 3.8) is 0 Å². The van der Waals surface area contributed by atoms with Gasteiger partial charge in [-0.15, -0.1) is 0 Å². The summed E-state index contributed by atoms with van der Waals surface area (Å²) in [5.41, 5.74) is 0. The second-order valence-electron chi connectivity index (χ2n) is 12.5. The number of piperidine rings is 3. The molecule has 9 atom stereocenters. The lowest BCUT2D eigenvalue weighted by Crippen LogP contribution is -2.66. The molecule has 0 aromatic rings. The molecule has 4 saturated heterocycles. The average molecular weight is 520 g/mol. The van der Waals surface area contributed by atoms with E-state index in [2.05, 4.69) is 43.7 Å². The molecule has 0 spiro atoms. The van der Waals surface area contributed by atoms with Crippen LogP contribution in [0.15, 0.2) is 0 Å². The van der Waals surface area contributed by atoms with Crippen molar-refractivity contribution in [1.82, 2.24) is 36.8 Å². The van der Waals surface area contributed by atoms with Crippen molar-refractivity contribution in [1.29, 1.82) is 0 Å². The maximum atomic E-state index is 13.2. The second-order valence-corrected chi connectivity index (χ2v) is 12.5. The summed E-state index contributed by atoms with van der Waals surface area (Å²) in [6.07, 6.45) is 12.5. The van der Waals surface area contributed by atoms with Gasteiger partial charge in [0.15, 0.2) is 0 Å². The van der Waals surface area contributed by atoms with Gasteiger partial charge in [0.25, 0.3) is 0 Å². The molecular formula is C28H53N7O2. The molecule has 9 nitrogen and oxygen atoms in total. The molecule has 1 saturated carbocycles. The predicted molar refractivity (Wildman–Crippen MR) is 147 cm³/mol. The Kier molecular flexibility index (Phi) is 10.1. The molecule has 4 aliphatic heterocycles. The standard InChI is InChI=1S/C28H53N7O2/c1-19-6-8-22(32-27(36)20-7-9-26(31-17-20)35-12-4-3-5-13-35)15-25(19)34-28-30-11-10-24(33-28)21-14-23(37-2)18-29-16-21/h19-26,28-31,33-34H,3-18H2,1-2H3,(H,32,36). The van der Waals surface area contributed by atoms with Gasteiger partial charge in [0.05, 0.1) is 18.2 Å². The van der Waals surface area contributed by atoms with Crippen LogP contribution in [0, 0.1) is 17.8 Å². The summed E-state index contributed by atoms with van der Waals surface area (Å²) in [6.45, 7) is 8.64. The molecule has 4 heterocycles. The first kappa shape index (κ1) is 27.7. The van der Waals surface area contributed by atoms with Crippen LogP contribution in [-0.2, 0) is 9.53 Å². The Labute approximate surface area is 224 Å². The van der Waals surface area contributed by atoms with E-state index in [-0.39, 0.29) is 24.2 Å². The fourth-order valence-electron chi connectivity index (χ4n) is 7.46. The Morgan fingerprint density at radius 3 is 2.59 bits per heavy atom. The number of ether oxygens (including phenoxy) is 1. The first-order valence-electron chi connectivity index (χ1n) is 15.4. The van der Waals surface area contributed by atoms with E-state index in [1.807, 2.05) is 7.11 Å². The number of methoxy groups -OCH3 is 1. The number of hydrogen-bond acceptors (Lipinski definition) is 8. The molecule has 0 radical (unpaired) electrons. The van der Waals surface area contributed by atoms with Crippen molar-refractivity contribution in [3.05, 3.63) is 0 Å². The minimum atomic E-state index is 0.106. The third kappa shape index (κ3) is 7.44. The molecule has 0 bridgehead atoms. The monoisotopic (exact) mass is 519 g/mol. The van der Waals surface area contributed by atoms with Crippen LogP contribution in [0.5, 0.6) is 0 Å². The van der Waals surface area contributed by atoms with Crippen LogP contribution < -0.4 is 31.9 Å². The van der Waals surface area contributed by atoms with Crippen molar-refractivity contribution >= 4 is 5.91 Å². The molecule has 5 fully saturated rings. The van der Waals surface area contributed by atoms with Gasteiger partial charge in [0.1, 0.15) is 6.29 Å². The minimum absolute atomic E-state index is 0.106. The second kappa shape index (κ2) is 13.5. The normalized spacial score (nSPS) is 42.3. The Morgan fingerprint density at radius 2 is 1.81 bits per heavy atom. The Hall–Kier alpha value is -0.810. The van der Waals surface area contributed by atoms with Crippen molar-refractivity contribution in [2.24, 2.45) is 17.8 Å². The number of amides is 1. The van der Waals surface area contributed by atoms with Crippen LogP contribution in [0.3, 0.4) is 0 Å². The maximum Gasteiger partial charge on any atom is 0.224 e. The maximum absolute atomic E-state index is 13.2. The lowest BCUT2D eigenvalue weighted by Gasteiger charge is -2.43. The van der Waals surface area contributed by atoms with Crippen molar-refractivity contribution in [3.8, 4) is 0 Å². The highest BCUT2D eigenvalue weighted by molar-refractivity contribution is 5.79. The van der Waals surface area contributed by atoms with Gasteiger partial charge in [-0.1, -0.05) is 13.3 Å². The molecule has 9 unspecified atom stereocenters. The molecule has 9 heteroatoms. The number of likely N-dealkylation sites (tertiary alicyclic amines) is 1. The summed E-state index contributed by atoms with van der Waals surface area (Å²) in [5.74, 6) is 1.57. The van der Waals surface area contributed by atoms with Gasteiger partial charge >= 0.3 is 0 Å². The number of rotatable bonds is 7. The Bertz CT molecular complexity index is 713. The van der Waals surface area contributed by atoms with Crippen molar-refractivity contribution in [2.45, 2.75) is 108 Å². The number of nitrogens with zero attached hydrogens (tertiary/aromatic N) is 1. The molecule has 6 N–H and O–H groups in total. The van der Waals surface area contributed by atoms with Crippen molar-refractivity contribution in [2.75, 3.05) is 46.4 Å². The summed E-state index contributed by atoms with van der Waals surface area (Å²) in [7, 11) is 1.83. The summed E-state index contributed by atoms with van der Waals surface area (Å²) in [4.78, 5) is 15.8. The number of hydrogen-bond donors (Lipinski definition) is 6. The van der Waals surface area contributed by atoms with Crippen LogP contribution in [-0.4, -0.2) is 93.9 Å². The highest BCUT2D eigenvalue weighted by Gasteiger charge is 2.36. The van der Waals surface area contributed by atoms with E-state index in [1.54, 1.807) is 0 Å². The molecule has 5 aliphatic rings. The molecule has 1 amide bonds. The molecule has 5 rings (SSSR count). The van der Waals surface area contributed by atoms with E-state index in [0.29, 0.717) is 36.2 Å². The van der Waals surface area contributed by atoms with E-state index in [1.165, 1.54) is 32.4 Å². The smallest absolute Gasteiger partial charge is 0.224 e. The molecular weight excluding hydrogens is 466 g/mol. The first-order chi connectivity index (χ1) is 18.1. The van der Waals surface area contributed by atoms with Gasteiger partial charge in [0.2, 0.25) is 5.91 Å². The van der Waals surface area contributed by atoms with Crippen molar-refractivity contribution < 1.29 is 9.53 Å². The van der Waals surface area contributed by atoms with Gasteiger partial charge < -0.3 is 20.7 Å². The third-order valence-corrected chi connectivity index (χ3v) is 9.94. The number of carbonyl (C=O) groups is 1. The highest BCUT2D eigenvalue weighted by atomic mass is 16.5. The minimum Gasteiger partial charge on any atom is -0.380 e. The van der Waals surface area contributed by atoms with E-state index in [9.17, 15) is 4.79 Å². The molecule has 0 aromatic heterocycles. The molecule has 37 heavy (non-hydrogen) atoms. The lowest BCUT2D eigenvalue weighted by atomic mass is 9.82. The third-order valence-electron chi connectivity index (χ3n) is 9.94. The van der Waals surface area contributed by atoms with Crippen LogP contribution in [0.4, 0.5) is 0 Å². The zero-order valence-electron chi connectivity index (χ0n) is 23.3. The van der Waals surface area contributed by atoms with E-state index in [4.69, 9.17) is 4.74 Å². The summed E-state index contributed by atoms with van der Waals surface area (Å²) in [6, 6.07) is 1.16. The zero-order chi connectivity index (χ0) is 25.6. The van der Waals surface area contributed by atoms with Crippen LogP contribution >= 0.6 is 0 Å². The topological polar surface area (TPSA) is 102 Å². The van der Waals surface area contributed by atoms with Gasteiger partial charge in [0, 0.05) is 38.3 Å². The largest absolute Gasteiger partial charge is 0.380 e. The summed E-state index contributed by atoms with van der Waals surface area (Å²) in [5, 5.41) is 22.1. The Balaban J connectivity index is 1.06. The van der Waals surface area contributed by atoms with E-state index < -0.39 is 0 Å². The fraction of sp³-hybridized carbons (Fsp3) is 0.964. The zero-order valence-corrected chi connectivity index (χ0v) is 23.3. The van der Waals surface area contributed by atoms with Gasteiger partial charge in [-0.05, 0) is 95.8 Å². The van der Waals surface area contributed by atoms with E-state index in [0.717, 1.165) is 71.1 Å². The first-order valence-corrected chi connectivity index (χ1v) is 15.4. The summed E-state index contributed by atoms with van der Waals surface area (Å²) >= 11 is 0. The highest BCUT2D eigenvalue weighted by Crippen LogP contribution is 2.27. The van der Waals surface area contributed by atoms with Crippen LogP contribution in [0.1, 0.15) is 71.1 Å². The molecule has 212 valence electrons. The van der Waals surface area contributed by atoms with Gasteiger partial charge in [-0.3, -0.25) is 25.6 Å². The van der Waals surface area contributed by atoms with Gasteiger partial charge in [-0.25, -0.2) is 0 Å². The lowest BCUT2D eigenvalue weighted by molar-refractivity contribution is -0.127. The number of carbonyl (C=O) groups excluding carboxylic acids is 1. The van der Waals surface area contributed by atoms with Gasteiger partial charge in [-0.2, -0.15) is 0 Å². The average Bonchev–Trinajstić information content (AvgIpc) is 2.95. The SMILES string of the molecule is COC1CNCC(C2CCNC(NC3CC(NC(=O)C4CCC(N5CCCCC5)NC4)CCC3C)N2)C1. The molecule has 1 aliphatic carbocycles. The van der Waals surface area contributed by atoms with Crippen LogP contribution in [0.25, 0.3) is 0 Å². The predicted octanol–water partition coefficient (Wildman–Crippen LogP) is 0.921.